The molecule has 0 saturated carbocycles. The third-order valence-corrected chi connectivity index (χ3v) is 5.36. The average molecular weight is 447 g/mol. The van der Waals surface area contributed by atoms with Gasteiger partial charge in [0.1, 0.15) is 17.4 Å². The Morgan fingerprint density at radius 3 is 2.73 bits per heavy atom. The predicted octanol–water partition coefficient (Wildman–Crippen LogP) is 4.49. The molecule has 3 N–H and O–H groups in total. The Morgan fingerprint density at radius 2 is 2.00 bits per heavy atom. The maximum Gasteiger partial charge on any atom is 0.244 e. The van der Waals surface area contributed by atoms with Gasteiger partial charge in [-0.3, -0.25) is 5.10 Å². The molecule has 4 rings (SSSR count). The van der Waals surface area contributed by atoms with Gasteiger partial charge in [0.05, 0.1) is 37.5 Å². The van der Waals surface area contributed by atoms with Crippen LogP contribution in [0.3, 0.4) is 0 Å². The van der Waals surface area contributed by atoms with Crippen LogP contribution in [0, 0.1) is 11.3 Å². The third-order valence-electron chi connectivity index (χ3n) is 5.36. The summed E-state index contributed by atoms with van der Waals surface area (Å²) in [5.74, 6) is 1.81. The SMILES string of the molecule is CCCOc1ccc(C2C(C#N)=C(N)Oc3n[nH]c(-c4cccc(OCC)c4)c32)cc1OC. The number of fused-ring (bicyclic) bond motifs is 1. The van der Waals surface area contributed by atoms with Crippen LogP contribution in [0.15, 0.2) is 53.9 Å². The average Bonchev–Trinajstić information content (AvgIpc) is 3.25. The van der Waals surface area contributed by atoms with Crippen LogP contribution in [0.25, 0.3) is 11.3 Å². The molecule has 1 aliphatic rings. The maximum absolute atomic E-state index is 9.95. The van der Waals surface area contributed by atoms with Gasteiger partial charge in [0, 0.05) is 5.56 Å². The van der Waals surface area contributed by atoms with E-state index in [4.69, 9.17) is 24.7 Å². The summed E-state index contributed by atoms with van der Waals surface area (Å²) in [6.07, 6.45) is 0.880. The van der Waals surface area contributed by atoms with Gasteiger partial charge in [-0.05, 0) is 43.2 Å². The van der Waals surface area contributed by atoms with Crippen molar-refractivity contribution in [2.24, 2.45) is 5.73 Å². The van der Waals surface area contributed by atoms with Crippen molar-refractivity contribution in [2.45, 2.75) is 26.2 Å². The van der Waals surface area contributed by atoms with E-state index in [1.807, 2.05) is 56.3 Å². The molecule has 8 nitrogen and oxygen atoms in total. The monoisotopic (exact) mass is 446 g/mol. The van der Waals surface area contributed by atoms with Gasteiger partial charge in [0.25, 0.3) is 0 Å². The Bertz CT molecular complexity index is 1230. The molecule has 1 aromatic heterocycles. The first-order chi connectivity index (χ1) is 16.1. The molecule has 2 aromatic carbocycles. The standard InChI is InChI=1S/C25H26N4O4/c1-4-11-32-19-10-9-15(13-20(19)30-3)21-18(14-26)24(27)33-25-22(21)23(28-29-25)16-7-6-8-17(12-16)31-5-2/h6-10,12-13,21H,4-5,11,27H2,1-3H3,(H,28,29). The summed E-state index contributed by atoms with van der Waals surface area (Å²) in [6, 6.07) is 15.5. The minimum atomic E-state index is -0.502. The van der Waals surface area contributed by atoms with Crippen LogP contribution < -0.4 is 24.7 Å². The summed E-state index contributed by atoms with van der Waals surface area (Å²) < 4.78 is 22.7. The number of aromatic amines is 1. The molecule has 2 heterocycles. The number of nitriles is 1. The molecule has 3 aromatic rings. The lowest BCUT2D eigenvalue weighted by Gasteiger charge is -2.25. The fraction of sp³-hybridized carbons (Fsp3) is 0.280. The minimum absolute atomic E-state index is 0.0291. The summed E-state index contributed by atoms with van der Waals surface area (Å²) in [7, 11) is 1.59. The maximum atomic E-state index is 9.95. The number of nitrogens with zero attached hydrogens (tertiary/aromatic N) is 2. The van der Waals surface area contributed by atoms with Crippen LogP contribution in [0.2, 0.25) is 0 Å². The van der Waals surface area contributed by atoms with Crippen molar-refractivity contribution >= 4 is 0 Å². The summed E-state index contributed by atoms with van der Waals surface area (Å²) in [6.45, 7) is 5.11. The molecule has 0 aliphatic carbocycles. The van der Waals surface area contributed by atoms with Gasteiger partial charge < -0.3 is 24.7 Å². The second-order valence-corrected chi connectivity index (χ2v) is 7.46. The molecule has 0 bridgehead atoms. The summed E-state index contributed by atoms with van der Waals surface area (Å²) >= 11 is 0. The van der Waals surface area contributed by atoms with E-state index >= 15 is 0 Å². The molecule has 1 atom stereocenters. The van der Waals surface area contributed by atoms with Gasteiger partial charge >= 0.3 is 0 Å². The fourth-order valence-electron chi connectivity index (χ4n) is 3.90. The first-order valence-corrected chi connectivity index (χ1v) is 10.8. The molecular formula is C25H26N4O4. The van der Waals surface area contributed by atoms with Crippen molar-refractivity contribution in [3.63, 3.8) is 0 Å². The predicted molar refractivity (Wildman–Crippen MR) is 123 cm³/mol. The van der Waals surface area contributed by atoms with Crippen molar-refractivity contribution in [3.8, 4) is 40.5 Å². The van der Waals surface area contributed by atoms with Gasteiger partial charge in [-0.25, -0.2) is 0 Å². The molecule has 170 valence electrons. The van der Waals surface area contributed by atoms with Crippen LogP contribution in [-0.2, 0) is 0 Å². The van der Waals surface area contributed by atoms with Gasteiger partial charge in [0.2, 0.25) is 11.8 Å². The Balaban J connectivity index is 1.85. The Labute approximate surface area is 192 Å². The van der Waals surface area contributed by atoms with E-state index in [1.54, 1.807) is 7.11 Å². The number of H-pyrrole nitrogens is 1. The number of aromatic nitrogens is 2. The molecule has 0 radical (unpaired) electrons. The first-order valence-electron chi connectivity index (χ1n) is 10.8. The van der Waals surface area contributed by atoms with Gasteiger partial charge in [-0.2, -0.15) is 5.26 Å². The summed E-state index contributed by atoms with van der Waals surface area (Å²) in [4.78, 5) is 0. The Morgan fingerprint density at radius 1 is 1.15 bits per heavy atom. The van der Waals surface area contributed by atoms with Crippen molar-refractivity contribution in [1.82, 2.24) is 10.2 Å². The fourth-order valence-corrected chi connectivity index (χ4v) is 3.90. The van der Waals surface area contributed by atoms with Crippen molar-refractivity contribution in [2.75, 3.05) is 20.3 Å². The van der Waals surface area contributed by atoms with Crippen molar-refractivity contribution in [3.05, 3.63) is 65.0 Å². The highest BCUT2D eigenvalue weighted by Gasteiger charge is 2.36. The van der Waals surface area contributed by atoms with E-state index in [2.05, 4.69) is 16.3 Å². The van der Waals surface area contributed by atoms with Crippen LogP contribution >= 0.6 is 0 Å². The van der Waals surface area contributed by atoms with Crippen LogP contribution in [0.5, 0.6) is 23.1 Å². The first kappa shape index (κ1) is 22.1. The molecule has 0 spiro atoms. The van der Waals surface area contributed by atoms with Crippen LogP contribution in [0.4, 0.5) is 0 Å². The zero-order valence-electron chi connectivity index (χ0n) is 18.8. The van der Waals surface area contributed by atoms with E-state index in [0.29, 0.717) is 36.2 Å². The van der Waals surface area contributed by atoms with E-state index < -0.39 is 5.92 Å². The molecule has 8 heteroatoms. The lowest BCUT2D eigenvalue weighted by Crippen LogP contribution is -2.21. The van der Waals surface area contributed by atoms with E-state index in [1.165, 1.54) is 0 Å². The number of nitrogens with two attached hydrogens (primary N) is 1. The molecule has 1 unspecified atom stereocenters. The molecule has 0 amide bonds. The number of allylic oxidation sites excluding steroid dienone is 1. The number of benzene rings is 2. The molecule has 0 saturated heterocycles. The van der Waals surface area contributed by atoms with E-state index in [0.717, 1.165) is 34.6 Å². The zero-order chi connectivity index (χ0) is 23.4. The normalized spacial score (nSPS) is 14.8. The van der Waals surface area contributed by atoms with Crippen molar-refractivity contribution < 1.29 is 18.9 Å². The highest BCUT2D eigenvalue weighted by molar-refractivity contribution is 5.72. The number of hydrogen-bond acceptors (Lipinski definition) is 7. The number of nitrogens with one attached hydrogen (secondary N) is 1. The van der Waals surface area contributed by atoms with Crippen LogP contribution in [-0.4, -0.2) is 30.5 Å². The molecule has 0 fully saturated rings. The molecular weight excluding hydrogens is 420 g/mol. The van der Waals surface area contributed by atoms with Gasteiger partial charge in [-0.15, -0.1) is 5.10 Å². The second-order valence-electron chi connectivity index (χ2n) is 7.46. The van der Waals surface area contributed by atoms with Crippen molar-refractivity contribution in [1.29, 1.82) is 5.26 Å². The van der Waals surface area contributed by atoms with Gasteiger partial charge in [0.15, 0.2) is 11.5 Å². The number of hydrogen-bond donors (Lipinski definition) is 2. The molecule has 33 heavy (non-hydrogen) atoms. The Hall–Kier alpha value is -4.12. The zero-order valence-corrected chi connectivity index (χ0v) is 18.8. The second kappa shape index (κ2) is 9.57. The van der Waals surface area contributed by atoms with Crippen LogP contribution in [0.1, 0.15) is 37.3 Å². The number of ether oxygens (including phenoxy) is 4. The summed E-state index contributed by atoms with van der Waals surface area (Å²) in [5, 5.41) is 17.3. The lowest BCUT2D eigenvalue weighted by atomic mass is 9.83. The topological polar surface area (TPSA) is 115 Å². The Kier molecular flexibility index (Phi) is 6.41. The van der Waals surface area contributed by atoms with Gasteiger partial charge in [-0.1, -0.05) is 25.1 Å². The minimum Gasteiger partial charge on any atom is -0.494 e. The summed E-state index contributed by atoms with van der Waals surface area (Å²) in [5.41, 5.74) is 9.53. The quantitative estimate of drug-likeness (QED) is 0.524. The smallest absolute Gasteiger partial charge is 0.244 e. The van der Waals surface area contributed by atoms with E-state index in [-0.39, 0.29) is 5.88 Å². The van der Waals surface area contributed by atoms with E-state index in [9.17, 15) is 5.26 Å². The number of methoxy groups -OCH3 is 1. The highest BCUT2D eigenvalue weighted by atomic mass is 16.5. The molecule has 1 aliphatic heterocycles. The largest absolute Gasteiger partial charge is 0.494 e. The third kappa shape index (κ3) is 4.17. The highest BCUT2D eigenvalue weighted by Crippen LogP contribution is 2.47. The lowest BCUT2D eigenvalue weighted by molar-refractivity contribution is 0.294. The number of rotatable bonds is 8.